The molecule has 0 amide bonds. The van der Waals surface area contributed by atoms with Gasteiger partial charge in [-0.1, -0.05) is 42.5 Å². The van der Waals surface area contributed by atoms with Gasteiger partial charge in [-0.3, -0.25) is 4.98 Å². The van der Waals surface area contributed by atoms with E-state index in [1.165, 1.54) is 39.4 Å². The first kappa shape index (κ1) is 19.8. The Morgan fingerprint density at radius 1 is 0.588 bits per heavy atom. The van der Waals surface area contributed by atoms with Gasteiger partial charge >= 0.3 is 6.18 Å². The van der Waals surface area contributed by atoms with Crippen LogP contribution in [0.1, 0.15) is 27.8 Å². The summed E-state index contributed by atoms with van der Waals surface area (Å²) in [6, 6.07) is 20.8. The molecular formula is C30H20F3N. The van der Waals surface area contributed by atoms with Gasteiger partial charge in [0, 0.05) is 17.1 Å². The summed E-state index contributed by atoms with van der Waals surface area (Å²) < 4.78 is 40.8. The minimum atomic E-state index is -4.39. The van der Waals surface area contributed by atoms with E-state index in [-0.39, 0.29) is 5.39 Å². The fraction of sp³-hybridized carbons (Fsp3) is 0.167. The highest BCUT2D eigenvalue weighted by molar-refractivity contribution is 6.12. The average Bonchev–Trinajstić information content (AvgIpc) is 2.85. The van der Waals surface area contributed by atoms with Crippen molar-refractivity contribution < 1.29 is 13.2 Å². The SMILES string of the molecule is FC(F)(F)c1cccc2c1ccc1c(-c3cc4c5c(c3)CCc3cccc(c3-5)CC4)nccc12. The van der Waals surface area contributed by atoms with Crippen molar-refractivity contribution >= 4 is 21.5 Å². The monoisotopic (exact) mass is 451 g/mol. The molecule has 0 spiro atoms. The molecule has 1 aromatic heterocycles. The molecule has 0 N–H and O–H groups in total. The average molecular weight is 451 g/mol. The Balaban J connectivity index is 1.46. The van der Waals surface area contributed by atoms with Crippen LogP contribution in [0.2, 0.25) is 0 Å². The molecule has 34 heavy (non-hydrogen) atoms. The smallest absolute Gasteiger partial charge is 0.256 e. The maximum Gasteiger partial charge on any atom is 0.417 e. The molecule has 0 unspecified atom stereocenters. The molecule has 0 saturated carbocycles. The Bertz CT molecular complexity index is 1600. The maximum atomic E-state index is 13.6. The van der Waals surface area contributed by atoms with Crippen LogP contribution in [0.4, 0.5) is 13.2 Å². The molecule has 0 aliphatic heterocycles. The van der Waals surface area contributed by atoms with Crippen LogP contribution in [0.15, 0.2) is 72.9 Å². The van der Waals surface area contributed by atoms with Gasteiger partial charge in [0.05, 0.1) is 11.3 Å². The molecular weight excluding hydrogens is 431 g/mol. The van der Waals surface area contributed by atoms with Gasteiger partial charge in [0.15, 0.2) is 0 Å². The van der Waals surface area contributed by atoms with Crippen molar-refractivity contribution in [2.24, 2.45) is 0 Å². The summed E-state index contributed by atoms with van der Waals surface area (Å²) in [6.07, 6.45) is 1.39. The van der Waals surface area contributed by atoms with E-state index in [4.69, 9.17) is 4.98 Å². The van der Waals surface area contributed by atoms with Gasteiger partial charge in [-0.2, -0.15) is 13.2 Å². The highest BCUT2D eigenvalue weighted by Gasteiger charge is 2.32. The highest BCUT2D eigenvalue weighted by Crippen LogP contribution is 2.45. The molecule has 0 saturated heterocycles. The zero-order valence-electron chi connectivity index (χ0n) is 18.3. The number of aromatic nitrogens is 1. The van der Waals surface area contributed by atoms with Crippen LogP contribution in [-0.4, -0.2) is 4.98 Å². The van der Waals surface area contributed by atoms with Gasteiger partial charge in [0.1, 0.15) is 0 Å². The van der Waals surface area contributed by atoms with E-state index in [1.807, 2.05) is 6.07 Å². The molecule has 1 heterocycles. The molecule has 5 aromatic rings. The molecule has 0 radical (unpaired) electrons. The first-order chi connectivity index (χ1) is 16.5. The topological polar surface area (TPSA) is 12.9 Å². The number of hydrogen-bond donors (Lipinski definition) is 0. The van der Waals surface area contributed by atoms with E-state index < -0.39 is 11.7 Å². The molecule has 4 aromatic carbocycles. The van der Waals surface area contributed by atoms with Crippen LogP contribution in [0, 0.1) is 0 Å². The summed E-state index contributed by atoms with van der Waals surface area (Å²) in [5.41, 5.74) is 9.69. The summed E-state index contributed by atoms with van der Waals surface area (Å²) in [5, 5.41) is 2.51. The minimum Gasteiger partial charge on any atom is -0.256 e. The Hall–Kier alpha value is -3.66. The number of halogens is 3. The third-order valence-electron chi connectivity index (χ3n) is 7.50. The number of pyridine rings is 1. The second-order valence-electron chi connectivity index (χ2n) is 9.34. The van der Waals surface area contributed by atoms with Gasteiger partial charge in [-0.15, -0.1) is 0 Å². The predicted octanol–water partition coefficient (Wildman–Crippen LogP) is 7.94. The first-order valence-electron chi connectivity index (χ1n) is 11.6. The van der Waals surface area contributed by atoms with Crippen LogP contribution in [0.5, 0.6) is 0 Å². The molecule has 2 aliphatic carbocycles. The summed E-state index contributed by atoms with van der Waals surface area (Å²) >= 11 is 0. The van der Waals surface area contributed by atoms with Crippen molar-refractivity contribution in [3.8, 4) is 22.4 Å². The number of nitrogens with zero attached hydrogens (tertiary/aromatic N) is 1. The van der Waals surface area contributed by atoms with Gasteiger partial charge < -0.3 is 0 Å². The molecule has 2 aliphatic rings. The number of fused-ring (bicyclic) bond motifs is 3. The lowest BCUT2D eigenvalue weighted by molar-refractivity contribution is -0.136. The van der Waals surface area contributed by atoms with Gasteiger partial charge in [-0.05, 0) is 99.5 Å². The number of benzene rings is 4. The van der Waals surface area contributed by atoms with E-state index in [0.29, 0.717) is 5.39 Å². The minimum absolute atomic E-state index is 0.226. The van der Waals surface area contributed by atoms with E-state index >= 15 is 0 Å². The number of hydrogen-bond acceptors (Lipinski definition) is 1. The Kier molecular flexibility index (Phi) is 4.03. The predicted molar refractivity (Wildman–Crippen MR) is 130 cm³/mol. The summed E-state index contributed by atoms with van der Waals surface area (Å²) in [7, 11) is 0. The second kappa shape index (κ2) is 6.92. The second-order valence-corrected chi connectivity index (χ2v) is 9.34. The van der Waals surface area contributed by atoms with Crippen molar-refractivity contribution in [3.05, 3.63) is 101 Å². The maximum absolute atomic E-state index is 13.6. The molecule has 4 heteroatoms. The van der Waals surface area contributed by atoms with Crippen LogP contribution in [0.25, 0.3) is 43.9 Å². The zero-order chi connectivity index (χ0) is 23.0. The lowest BCUT2D eigenvalue weighted by Gasteiger charge is -2.30. The Morgan fingerprint density at radius 2 is 1.18 bits per heavy atom. The summed E-state index contributed by atoms with van der Waals surface area (Å²) in [6.45, 7) is 0. The fourth-order valence-electron chi connectivity index (χ4n) is 6.05. The molecule has 0 atom stereocenters. The van der Waals surface area contributed by atoms with Crippen LogP contribution >= 0.6 is 0 Å². The number of rotatable bonds is 1. The van der Waals surface area contributed by atoms with Crippen molar-refractivity contribution in [2.75, 3.05) is 0 Å². The first-order valence-corrected chi connectivity index (χ1v) is 11.6. The lowest BCUT2D eigenvalue weighted by atomic mass is 9.74. The van der Waals surface area contributed by atoms with E-state index in [9.17, 15) is 13.2 Å². The third kappa shape index (κ3) is 2.78. The van der Waals surface area contributed by atoms with Crippen molar-refractivity contribution in [2.45, 2.75) is 31.9 Å². The third-order valence-corrected chi connectivity index (χ3v) is 7.50. The van der Waals surface area contributed by atoms with Crippen LogP contribution in [0.3, 0.4) is 0 Å². The quantitative estimate of drug-likeness (QED) is 0.236. The van der Waals surface area contributed by atoms with E-state index in [2.05, 4.69) is 30.3 Å². The normalized spacial score (nSPS) is 14.4. The largest absolute Gasteiger partial charge is 0.417 e. The Morgan fingerprint density at radius 3 is 1.88 bits per heavy atom. The highest BCUT2D eigenvalue weighted by atomic mass is 19.4. The Labute approximate surface area is 194 Å². The number of alkyl halides is 3. The summed E-state index contributed by atoms with van der Waals surface area (Å²) in [5.74, 6) is 0. The number of aryl methyl sites for hydroxylation is 4. The van der Waals surface area contributed by atoms with Gasteiger partial charge in [-0.25, -0.2) is 0 Å². The van der Waals surface area contributed by atoms with Crippen molar-refractivity contribution in [1.82, 2.24) is 4.98 Å². The molecule has 7 rings (SSSR count). The molecule has 1 nitrogen and oxygen atoms in total. The molecule has 0 bridgehead atoms. The van der Waals surface area contributed by atoms with E-state index in [0.717, 1.165) is 53.8 Å². The molecule has 0 fully saturated rings. The summed E-state index contributed by atoms with van der Waals surface area (Å²) in [4.78, 5) is 4.72. The van der Waals surface area contributed by atoms with Gasteiger partial charge in [0.2, 0.25) is 0 Å². The van der Waals surface area contributed by atoms with Crippen LogP contribution in [-0.2, 0) is 31.9 Å². The standard InChI is InChI=1S/C30H20F3N/c31-30(32,33)26-6-2-5-22-23-13-14-34-29(25(23)12-11-24(22)26)21-15-19-9-7-17-3-1-4-18-8-10-20(16-21)28(19)27(17)18/h1-6,11-16H,7-10H2. The lowest BCUT2D eigenvalue weighted by Crippen LogP contribution is -2.14. The zero-order valence-corrected chi connectivity index (χ0v) is 18.3. The van der Waals surface area contributed by atoms with Crippen LogP contribution < -0.4 is 0 Å². The molecule has 166 valence electrons. The van der Waals surface area contributed by atoms with Gasteiger partial charge in [0.25, 0.3) is 0 Å². The van der Waals surface area contributed by atoms with E-state index in [1.54, 1.807) is 24.4 Å². The van der Waals surface area contributed by atoms with Crippen molar-refractivity contribution in [1.29, 1.82) is 0 Å². The fourth-order valence-corrected chi connectivity index (χ4v) is 6.05. The van der Waals surface area contributed by atoms with Crippen molar-refractivity contribution in [3.63, 3.8) is 0 Å².